The molecule has 2 aromatic heterocycles. The number of fused-ring (bicyclic) bond motifs is 1. The fourth-order valence-corrected chi connectivity index (χ4v) is 2.37. The summed E-state index contributed by atoms with van der Waals surface area (Å²) in [7, 11) is 0. The lowest BCUT2D eigenvalue weighted by Crippen LogP contribution is -2.00. The molecule has 8 nitrogen and oxygen atoms in total. The molecular formula is C11H7N5O3S. The molecule has 0 aliphatic heterocycles. The second kappa shape index (κ2) is 4.70. The minimum Gasteiger partial charge on any atom is -0.331 e. The number of hydrogen-bond donors (Lipinski definition) is 2. The summed E-state index contributed by atoms with van der Waals surface area (Å²) in [5.74, 6) is 0. The summed E-state index contributed by atoms with van der Waals surface area (Å²) < 4.78 is -0.159. The number of nitro benzene ring substituents is 1. The zero-order valence-corrected chi connectivity index (χ0v) is 10.7. The molecule has 0 radical (unpaired) electrons. The largest absolute Gasteiger partial charge is 0.331 e. The van der Waals surface area contributed by atoms with Crippen molar-refractivity contribution < 1.29 is 4.92 Å². The second-order valence-corrected chi connectivity index (χ2v) is 4.83. The summed E-state index contributed by atoms with van der Waals surface area (Å²) in [6.45, 7) is 0. The molecule has 0 aliphatic carbocycles. The maximum absolute atomic E-state index is 11.8. The van der Waals surface area contributed by atoms with Gasteiger partial charge in [0.05, 0.1) is 16.5 Å². The molecule has 0 atom stereocenters. The number of hydrogen-bond acceptors (Lipinski definition) is 7. The van der Waals surface area contributed by atoms with Crippen molar-refractivity contribution in [2.24, 2.45) is 0 Å². The van der Waals surface area contributed by atoms with Crippen LogP contribution in [0.4, 0.5) is 16.5 Å². The Morgan fingerprint density at radius 1 is 1.30 bits per heavy atom. The zero-order chi connectivity index (χ0) is 14.1. The quantitative estimate of drug-likeness (QED) is 0.563. The van der Waals surface area contributed by atoms with E-state index >= 15 is 0 Å². The van der Waals surface area contributed by atoms with E-state index < -0.39 is 4.92 Å². The molecule has 9 heteroatoms. The van der Waals surface area contributed by atoms with Crippen LogP contribution in [0.5, 0.6) is 0 Å². The number of H-pyrrole nitrogens is 1. The van der Waals surface area contributed by atoms with Gasteiger partial charge in [-0.3, -0.25) is 20.0 Å². The minimum atomic E-state index is -0.475. The van der Waals surface area contributed by atoms with E-state index in [1.54, 1.807) is 12.1 Å². The maximum atomic E-state index is 11.8. The molecule has 0 aliphatic rings. The van der Waals surface area contributed by atoms with E-state index in [0.717, 1.165) is 11.3 Å². The highest BCUT2D eigenvalue weighted by Crippen LogP contribution is 2.21. The van der Waals surface area contributed by atoms with Crippen molar-refractivity contribution in [1.29, 1.82) is 0 Å². The van der Waals surface area contributed by atoms with Crippen molar-refractivity contribution in [2.45, 2.75) is 0 Å². The van der Waals surface area contributed by atoms with Crippen LogP contribution in [-0.2, 0) is 0 Å². The Kier molecular flexibility index (Phi) is 2.88. The lowest BCUT2D eigenvalue weighted by atomic mass is 10.3. The fourth-order valence-electron chi connectivity index (χ4n) is 1.62. The van der Waals surface area contributed by atoms with Crippen LogP contribution in [0.15, 0.2) is 35.3 Å². The van der Waals surface area contributed by atoms with Crippen LogP contribution in [0, 0.1) is 10.1 Å². The van der Waals surface area contributed by atoms with Crippen molar-refractivity contribution in [2.75, 3.05) is 5.32 Å². The van der Waals surface area contributed by atoms with Crippen LogP contribution in [-0.4, -0.2) is 20.1 Å². The number of aromatic amines is 1. The van der Waals surface area contributed by atoms with Gasteiger partial charge in [0, 0.05) is 17.8 Å². The van der Waals surface area contributed by atoms with Crippen LogP contribution >= 0.6 is 11.3 Å². The van der Waals surface area contributed by atoms with Crippen LogP contribution in [0.2, 0.25) is 0 Å². The van der Waals surface area contributed by atoms with Crippen molar-refractivity contribution in [3.8, 4) is 0 Å². The van der Waals surface area contributed by atoms with Gasteiger partial charge in [0.25, 0.3) is 5.69 Å². The third-order valence-corrected chi connectivity index (χ3v) is 3.36. The van der Waals surface area contributed by atoms with Gasteiger partial charge in [-0.05, 0) is 12.1 Å². The predicted molar refractivity (Wildman–Crippen MR) is 74.4 cm³/mol. The Morgan fingerprint density at radius 2 is 2.05 bits per heavy atom. The monoisotopic (exact) mass is 289 g/mol. The van der Waals surface area contributed by atoms with Crippen molar-refractivity contribution >= 4 is 38.9 Å². The van der Waals surface area contributed by atoms with E-state index in [0.29, 0.717) is 21.9 Å². The Balaban J connectivity index is 1.92. The molecule has 100 valence electrons. The number of nitrogens with zero attached hydrogens (tertiary/aromatic N) is 3. The molecule has 0 saturated heterocycles. The first-order valence-corrected chi connectivity index (χ1v) is 6.31. The molecule has 2 heterocycles. The summed E-state index contributed by atoms with van der Waals surface area (Å²) in [6, 6.07) is 5.85. The number of rotatable bonds is 3. The number of non-ortho nitro benzene ring substituents is 1. The molecule has 0 fully saturated rings. The van der Waals surface area contributed by atoms with Gasteiger partial charge in [-0.25, -0.2) is 4.98 Å². The average Bonchev–Trinajstić information content (AvgIpc) is 2.88. The molecular weight excluding hydrogens is 282 g/mol. The number of nitrogens with one attached hydrogen (secondary N) is 2. The van der Waals surface area contributed by atoms with Crippen LogP contribution in [0.25, 0.3) is 11.0 Å². The number of anilines is 2. The van der Waals surface area contributed by atoms with Crippen molar-refractivity contribution in [1.82, 2.24) is 15.2 Å². The Labute approximate surface area is 115 Å². The fraction of sp³-hybridized carbons (Fsp3) is 0. The number of aromatic nitrogens is 3. The first-order valence-electron chi connectivity index (χ1n) is 5.49. The minimum absolute atomic E-state index is 0.000663. The summed E-state index contributed by atoms with van der Waals surface area (Å²) in [5.41, 5.74) is 1.01. The lowest BCUT2D eigenvalue weighted by molar-refractivity contribution is -0.384. The Morgan fingerprint density at radius 3 is 2.75 bits per heavy atom. The van der Waals surface area contributed by atoms with Crippen LogP contribution in [0.1, 0.15) is 0 Å². The van der Waals surface area contributed by atoms with Gasteiger partial charge in [0.2, 0.25) is 4.74 Å². The van der Waals surface area contributed by atoms with E-state index in [4.69, 9.17) is 0 Å². The predicted octanol–water partition coefficient (Wildman–Crippen LogP) is 2.03. The molecule has 2 N–H and O–H groups in total. The van der Waals surface area contributed by atoms with Crippen LogP contribution < -0.4 is 10.1 Å². The lowest BCUT2D eigenvalue weighted by Gasteiger charge is -2.03. The first kappa shape index (κ1) is 12.2. The number of nitro groups is 1. The second-order valence-electron chi connectivity index (χ2n) is 3.87. The Bertz CT molecular complexity index is 839. The average molecular weight is 289 g/mol. The first-order chi connectivity index (χ1) is 9.63. The molecule has 0 amide bonds. The topological polar surface area (TPSA) is 114 Å². The normalized spacial score (nSPS) is 10.6. The molecule has 3 aromatic rings. The van der Waals surface area contributed by atoms with E-state index in [9.17, 15) is 14.9 Å². The molecule has 20 heavy (non-hydrogen) atoms. The van der Waals surface area contributed by atoms with E-state index in [2.05, 4.69) is 20.5 Å². The standard InChI is InChI=1S/C11H7N5O3S/c17-10-8-5-12-15-9(8)14-11(20-10)13-6-1-3-7(4-2-6)16(18)19/h1-5H,(H2,12,13,14,15). The van der Waals surface area contributed by atoms with E-state index in [-0.39, 0.29) is 10.4 Å². The summed E-state index contributed by atoms with van der Waals surface area (Å²) >= 11 is 0.945. The molecule has 1 aromatic carbocycles. The highest BCUT2D eigenvalue weighted by molar-refractivity contribution is 7.13. The SMILES string of the molecule is O=c1sc(Nc2ccc([N+](=O)[O-])cc2)nc2[nH]ncc12. The summed E-state index contributed by atoms with van der Waals surface area (Å²) in [5, 5.41) is 20.7. The molecule has 0 saturated carbocycles. The van der Waals surface area contributed by atoms with Gasteiger partial charge in [-0.1, -0.05) is 11.3 Å². The van der Waals surface area contributed by atoms with E-state index in [1.807, 2.05) is 0 Å². The van der Waals surface area contributed by atoms with Crippen molar-refractivity contribution in [3.05, 3.63) is 50.1 Å². The smallest absolute Gasteiger partial charge is 0.269 e. The van der Waals surface area contributed by atoms with E-state index in [1.165, 1.54) is 18.3 Å². The van der Waals surface area contributed by atoms with Crippen molar-refractivity contribution in [3.63, 3.8) is 0 Å². The van der Waals surface area contributed by atoms with Gasteiger partial charge in [-0.2, -0.15) is 5.10 Å². The van der Waals surface area contributed by atoms with Gasteiger partial charge in [-0.15, -0.1) is 0 Å². The summed E-state index contributed by atoms with van der Waals surface area (Å²) in [4.78, 5) is 26.1. The third kappa shape index (κ3) is 2.21. The summed E-state index contributed by atoms with van der Waals surface area (Å²) in [6.07, 6.45) is 1.43. The molecule has 0 unspecified atom stereocenters. The van der Waals surface area contributed by atoms with Gasteiger partial charge >= 0.3 is 0 Å². The Hall–Kier alpha value is -2.81. The number of benzene rings is 1. The highest BCUT2D eigenvalue weighted by atomic mass is 32.1. The molecule has 0 bridgehead atoms. The maximum Gasteiger partial charge on any atom is 0.269 e. The third-order valence-electron chi connectivity index (χ3n) is 2.57. The van der Waals surface area contributed by atoms with Crippen LogP contribution in [0.3, 0.4) is 0 Å². The molecule has 0 spiro atoms. The van der Waals surface area contributed by atoms with Gasteiger partial charge in [0.1, 0.15) is 0 Å². The van der Waals surface area contributed by atoms with Gasteiger partial charge < -0.3 is 5.32 Å². The molecule has 3 rings (SSSR count). The van der Waals surface area contributed by atoms with Gasteiger partial charge in [0.15, 0.2) is 10.8 Å². The highest BCUT2D eigenvalue weighted by Gasteiger charge is 2.08. The zero-order valence-electron chi connectivity index (χ0n) is 9.86.